The predicted octanol–water partition coefficient (Wildman–Crippen LogP) is 5.22. The van der Waals surface area contributed by atoms with E-state index in [0.29, 0.717) is 10.6 Å². The van der Waals surface area contributed by atoms with Crippen LogP contribution in [0.4, 0.5) is 16.4 Å². The topological polar surface area (TPSA) is 74.7 Å². The molecule has 3 N–H and O–H groups in total. The van der Waals surface area contributed by atoms with Crippen LogP contribution in [-0.2, 0) is 0 Å². The van der Waals surface area contributed by atoms with E-state index in [4.69, 9.17) is 5.73 Å². The second-order valence-corrected chi connectivity index (χ2v) is 7.19. The maximum Gasteiger partial charge on any atom is 0.130 e. The van der Waals surface area contributed by atoms with Crippen molar-refractivity contribution in [3.8, 4) is 16.6 Å². The van der Waals surface area contributed by atoms with Crippen molar-refractivity contribution < 1.29 is 0 Å². The molecule has 0 bridgehead atoms. The number of nitrogen functional groups attached to an aromatic ring is 1. The Labute approximate surface area is 146 Å². The standard InChI is InChI=1S/C18H12N4S2/c19-10-14-16(20)15(17(24-14)21-11-6-2-1-3-7-11)18-22-12-8-4-5-9-13(12)23-18/h1-9,21H,20H2. The molecule has 0 aliphatic heterocycles. The number of nitriles is 1. The highest BCUT2D eigenvalue weighted by Gasteiger charge is 2.20. The van der Waals surface area contributed by atoms with E-state index < -0.39 is 0 Å². The summed E-state index contributed by atoms with van der Waals surface area (Å²) in [5.41, 5.74) is 9.42. The molecule has 0 atom stereocenters. The van der Waals surface area contributed by atoms with Gasteiger partial charge in [0.1, 0.15) is 21.0 Å². The first-order valence-corrected chi connectivity index (χ1v) is 8.90. The number of fused-ring (bicyclic) bond motifs is 1. The predicted molar refractivity (Wildman–Crippen MR) is 102 cm³/mol. The first kappa shape index (κ1) is 14.7. The van der Waals surface area contributed by atoms with Crippen LogP contribution in [0, 0.1) is 11.3 Å². The van der Waals surface area contributed by atoms with Gasteiger partial charge in [-0.3, -0.25) is 0 Å². The zero-order valence-electron chi connectivity index (χ0n) is 12.5. The van der Waals surface area contributed by atoms with Gasteiger partial charge in [-0.25, -0.2) is 4.98 Å². The van der Waals surface area contributed by atoms with E-state index in [1.54, 1.807) is 11.3 Å². The number of nitrogens with one attached hydrogen (secondary N) is 1. The molecular formula is C18H12N4S2. The molecule has 0 unspecified atom stereocenters. The third-order valence-corrected chi connectivity index (χ3v) is 5.67. The van der Waals surface area contributed by atoms with Gasteiger partial charge < -0.3 is 11.1 Å². The van der Waals surface area contributed by atoms with Crippen LogP contribution in [0.5, 0.6) is 0 Å². The van der Waals surface area contributed by atoms with Crippen molar-refractivity contribution in [1.29, 1.82) is 5.26 Å². The average Bonchev–Trinajstić information content (AvgIpc) is 3.16. The lowest BCUT2D eigenvalue weighted by Gasteiger charge is -2.06. The Bertz CT molecular complexity index is 1020. The summed E-state index contributed by atoms with van der Waals surface area (Å²) in [6, 6.07) is 20.0. The van der Waals surface area contributed by atoms with Crippen molar-refractivity contribution >= 4 is 49.3 Å². The molecule has 0 saturated carbocycles. The smallest absolute Gasteiger partial charge is 0.130 e. The number of hydrogen-bond acceptors (Lipinski definition) is 6. The Kier molecular flexibility index (Phi) is 3.65. The van der Waals surface area contributed by atoms with Crippen LogP contribution in [-0.4, -0.2) is 4.98 Å². The van der Waals surface area contributed by atoms with Crippen LogP contribution in [0.25, 0.3) is 20.8 Å². The summed E-state index contributed by atoms with van der Waals surface area (Å²) in [4.78, 5) is 5.19. The number of thiazole rings is 1. The molecule has 0 spiro atoms. The maximum atomic E-state index is 9.34. The van der Waals surface area contributed by atoms with E-state index >= 15 is 0 Å². The Morgan fingerprint density at radius 1 is 1.00 bits per heavy atom. The second-order valence-electron chi connectivity index (χ2n) is 5.14. The van der Waals surface area contributed by atoms with E-state index in [-0.39, 0.29) is 0 Å². The lowest BCUT2D eigenvalue weighted by molar-refractivity contribution is 1.48. The van der Waals surface area contributed by atoms with Crippen molar-refractivity contribution in [3.05, 3.63) is 59.5 Å². The summed E-state index contributed by atoms with van der Waals surface area (Å²) in [5, 5.41) is 14.4. The number of hydrogen-bond donors (Lipinski definition) is 2. The molecule has 2 aromatic heterocycles. The molecule has 6 heteroatoms. The summed E-state index contributed by atoms with van der Waals surface area (Å²) >= 11 is 2.93. The number of nitrogens with two attached hydrogens (primary N) is 1. The van der Waals surface area contributed by atoms with Gasteiger partial charge in [-0.1, -0.05) is 30.3 Å². The number of anilines is 3. The quantitative estimate of drug-likeness (QED) is 0.532. The minimum Gasteiger partial charge on any atom is -0.396 e. The zero-order chi connectivity index (χ0) is 16.5. The highest BCUT2D eigenvalue weighted by molar-refractivity contribution is 7.23. The van der Waals surface area contributed by atoms with Crippen LogP contribution >= 0.6 is 22.7 Å². The van der Waals surface area contributed by atoms with Gasteiger partial charge in [0, 0.05) is 5.69 Å². The van der Waals surface area contributed by atoms with Crippen LogP contribution < -0.4 is 11.1 Å². The first-order valence-electron chi connectivity index (χ1n) is 7.26. The molecule has 0 saturated heterocycles. The highest BCUT2D eigenvalue weighted by atomic mass is 32.1. The Morgan fingerprint density at radius 2 is 1.75 bits per heavy atom. The molecular weight excluding hydrogens is 336 g/mol. The van der Waals surface area contributed by atoms with Gasteiger partial charge in [0.05, 0.1) is 21.5 Å². The van der Waals surface area contributed by atoms with Crippen LogP contribution in [0.2, 0.25) is 0 Å². The van der Waals surface area contributed by atoms with Crippen molar-refractivity contribution in [2.24, 2.45) is 0 Å². The molecule has 24 heavy (non-hydrogen) atoms. The first-order chi connectivity index (χ1) is 11.8. The fourth-order valence-corrected chi connectivity index (χ4v) is 4.49. The Hall–Kier alpha value is -2.88. The van der Waals surface area contributed by atoms with Gasteiger partial charge in [0.2, 0.25) is 0 Å². The molecule has 4 rings (SSSR count). The number of para-hydroxylation sites is 2. The number of aromatic nitrogens is 1. The minimum atomic E-state index is 0.486. The number of thiophene rings is 1. The monoisotopic (exact) mass is 348 g/mol. The van der Waals surface area contributed by atoms with Crippen molar-refractivity contribution in [1.82, 2.24) is 4.98 Å². The largest absolute Gasteiger partial charge is 0.396 e. The Balaban J connectivity index is 1.87. The summed E-state index contributed by atoms with van der Waals surface area (Å²) in [6.45, 7) is 0. The van der Waals surface area contributed by atoms with Gasteiger partial charge in [-0.2, -0.15) is 5.26 Å². The fraction of sp³-hybridized carbons (Fsp3) is 0. The molecule has 4 nitrogen and oxygen atoms in total. The molecule has 2 heterocycles. The molecule has 0 aliphatic rings. The molecule has 2 aromatic carbocycles. The molecule has 0 amide bonds. The minimum absolute atomic E-state index is 0.486. The summed E-state index contributed by atoms with van der Waals surface area (Å²) in [7, 11) is 0. The number of rotatable bonds is 3. The van der Waals surface area contributed by atoms with Crippen molar-refractivity contribution in [2.45, 2.75) is 0 Å². The molecule has 116 valence electrons. The molecule has 0 aliphatic carbocycles. The van der Waals surface area contributed by atoms with Crippen LogP contribution in [0.15, 0.2) is 54.6 Å². The molecule has 0 fully saturated rings. The summed E-state index contributed by atoms with van der Waals surface area (Å²) < 4.78 is 1.10. The second kappa shape index (κ2) is 5.96. The van der Waals surface area contributed by atoms with Crippen LogP contribution in [0.3, 0.4) is 0 Å². The van der Waals surface area contributed by atoms with Gasteiger partial charge in [0.15, 0.2) is 0 Å². The van der Waals surface area contributed by atoms with E-state index in [0.717, 1.165) is 31.5 Å². The summed E-state index contributed by atoms with van der Waals surface area (Å²) in [5.74, 6) is 0. The Morgan fingerprint density at radius 3 is 2.50 bits per heavy atom. The van der Waals surface area contributed by atoms with E-state index in [1.807, 2.05) is 54.6 Å². The third kappa shape index (κ3) is 2.50. The number of benzene rings is 2. The third-order valence-electron chi connectivity index (χ3n) is 3.59. The van der Waals surface area contributed by atoms with E-state index in [2.05, 4.69) is 16.4 Å². The average molecular weight is 348 g/mol. The lowest BCUT2D eigenvalue weighted by atomic mass is 10.2. The fourth-order valence-electron chi connectivity index (χ4n) is 2.46. The van der Waals surface area contributed by atoms with E-state index in [1.165, 1.54) is 11.3 Å². The normalized spacial score (nSPS) is 10.6. The van der Waals surface area contributed by atoms with Gasteiger partial charge in [-0.15, -0.1) is 22.7 Å². The van der Waals surface area contributed by atoms with Crippen LogP contribution in [0.1, 0.15) is 4.88 Å². The highest BCUT2D eigenvalue weighted by Crippen LogP contribution is 2.46. The van der Waals surface area contributed by atoms with E-state index in [9.17, 15) is 5.26 Å². The lowest BCUT2D eigenvalue weighted by Crippen LogP contribution is -1.92. The zero-order valence-corrected chi connectivity index (χ0v) is 14.1. The van der Waals surface area contributed by atoms with Crippen molar-refractivity contribution in [2.75, 3.05) is 11.1 Å². The SMILES string of the molecule is N#Cc1sc(Nc2ccccc2)c(-c2nc3ccccc3s2)c1N. The van der Waals surface area contributed by atoms with Gasteiger partial charge >= 0.3 is 0 Å². The maximum absolute atomic E-state index is 9.34. The molecule has 4 aromatic rings. The van der Waals surface area contributed by atoms with Crippen molar-refractivity contribution in [3.63, 3.8) is 0 Å². The van der Waals surface area contributed by atoms with Gasteiger partial charge in [0.25, 0.3) is 0 Å². The number of nitrogens with zero attached hydrogens (tertiary/aromatic N) is 2. The molecule has 0 radical (unpaired) electrons. The summed E-state index contributed by atoms with van der Waals surface area (Å²) in [6.07, 6.45) is 0. The van der Waals surface area contributed by atoms with Gasteiger partial charge in [-0.05, 0) is 24.3 Å².